The van der Waals surface area contributed by atoms with Crippen molar-refractivity contribution in [2.24, 2.45) is 0 Å². The fraction of sp³-hybridized carbons (Fsp3) is 0.667. The lowest BCUT2D eigenvalue weighted by Gasteiger charge is -1.81. The van der Waals surface area contributed by atoms with Gasteiger partial charge in [0.25, 0.3) is 0 Å². The molecule has 0 saturated carbocycles. The van der Waals surface area contributed by atoms with Crippen LogP contribution in [0.15, 0.2) is 0 Å². The number of carboxylic acid groups (broad SMARTS) is 2. The summed E-state index contributed by atoms with van der Waals surface area (Å²) >= 11 is 0. The van der Waals surface area contributed by atoms with Gasteiger partial charge in [-0.25, -0.2) is 9.59 Å². The van der Waals surface area contributed by atoms with E-state index in [1.165, 1.54) is 0 Å². The maximum Gasteiger partial charge on any atom is 0.335 e. The average Bonchev–Trinajstić information content (AvgIpc) is 2.82. The highest BCUT2D eigenvalue weighted by Gasteiger charge is 2.63. The van der Waals surface area contributed by atoms with Gasteiger partial charge in [-0.15, -0.1) is 0 Å². The first kappa shape index (κ1) is 7.51. The Labute approximate surface area is 66.7 Å². The Balaban J connectivity index is 1.85. The molecule has 2 heterocycles. The number of ether oxygens (including phenoxy) is 2. The third-order valence-electron chi connectivity index (χ3n) is 1.86. The van der Waals surface area contributed by atoms with Crippen molar-refractivity contribution in [1.82, 2.24) is 0 Å². The average molecular weight is 174 g/mol. The molecule has 2 fully saturated rings. The van der Waals surface area contributed by atoms with Crippen molar-refractivity contribution < 1.29 is 29.3 Å². The molecule has 0 radical (unpaired) electrons. The van der Waals surface area contributed by atoms with Gasteiger partial charge in [0, 0.05) is 0 Å². The molecule has 2 N–H and O–H groups in total. The summed E-state index contributed by atoms with van der Waals surface area (Å²) in [5, 5.41) is 16.8. The molecule has 0 aromatic heterocycles. The van der Waals surface area contributed by atoms with Gasteiger partial charge in [0.2, 0.25) is 0 Å². The summed E-state index contributed by atoms with van der Waals surface area (Å²) in [6.07, 6.45) is -2.88. The Hall–Kier alpha value is -1.14. The van der Waals surface area contributed by atoms with E-state index in [0.29, 0.717) is 0 Å². The van der Waals surface area contributed by atoms with Gasteiger partial charge < -0.3 is 19.7 Å². The lowest BCUT2D eigenvalue weighted by atomic mass is 10.2. The molecule has 2 rings (SSSR count). The molecule has 2 aliphatic heterocycles. The van der Waals surface area contributed by atoms with Gasteiger partial charge in [0.15, 0.2) is 12.2 Å². The van der Waals surface area contributed by atoms with E-state index >= 15 is 0 Å². The molecule has 0 unspecified atom stereocenters. The minimum absolute atomic E-state index is 0.566. The van der Waals surface area contributed by atoms with Crippen molar-refractivity contribution in [3.05, 3.63) is 0 Å². The minimum atomic E-state index is -1.07. The Bertz CT molecular complexity index is 222. The lowest BCUT2D eigenvalue weighted by molar-refractivity contribution is -0.139. The number of carbonyl (C=O) groups is 2. The van der Waals surface area contributed by atoms with E-state index in [-0.39, 0.29) is 0 Å². The summed E-state index contributed by atoms with van der Waals surface area (Å²) in [6.45, 7) is 0. The van der Waals surface area contributed by atoms with Crippen LogP contribution < -0.4 is 0 Å². The maximum atomic E-state index is 10.3. The van der Waals surface area contributed by atoms with Crippen molar-refractivity contribution in [2.75, 3.05) is 0 Å². The van der Waals surface area contributed by atoms with Crippen LogP contribution in [0.4, 0.5) is 0 Å². The normalized spacial score (nSPS) is 43.7. The third-order valence-corrected chi connectivity index (χ3v) is 1.86. The number of carboxylic acids is 2. The SMILES string of the molecule is O=C(O)[C@H]1O[C@@H]1[C@@H]1O[C@@H]1C(=O)O. The summed E-state index contributed by atoms with van der Waals surface area (Å²) in [4.78, 5) is 20.5. The molecule has 0 spiro atoms. The van der Waals surface area contributed by atoms with Crippen molar-refractivity contribution in [3.63, 3.8) is 0 Å². The van der Waals surface area contributed by atoms with Gasteiger partial charge in [0.05, 0.1) is 0 Å². The molecular formula is C6H6O6. The van der Waals surface area contributed by atoms with E-state index in [1.807, 2.05) is 0 Å². The molecule has 0 amide bonds. The van der Waals surface area contributed by atoms with Crippen LogP contribution in [0, 0.1) is 0 Å². The van der Waals surface area contributed by atoms with Gasteiger partial charge in [-0.3, -0.25) is 0 Å². The van der Waals surface area contributed by atoms with Crippen molar-refractivity contribution >= 4 is 11.9 Å². The zero-order valence-corrected chi connectivity index (χ0v) is 5.84. The van der Waals surface area contributed by atoms with Crippen LogP contribution in [0.3, 0.4) is 0 Å². The predicted molar refractivity (Wildman–Crippen MR) is 32.6 cm³/mol. The molecule has 12 heavy (non-hydrogen) atoms. The fourth-order valence-corrected chi connectivity index (χ4v) is 1.14. The fourth-order valence-electron chi connectivity index (χ4n) is 1.14. The minimum Gasteiger partial charge on any atom is -0.479 e. The molecule has 66 valence electrons. The Morgan fingerprint density at radius 1 is 0.917 bits per heavy atom. The van der Waals surface area contributed by atoms with Crippen LogP contribution in [-0.2, 0) is 19.1 Å². The molecule has 0 aromatic carbocycles. The molecule has 6 nitrogen and oxygen atoms in total. The first-order valence-corrected chi connectivity index (χ1v) is 3.38. The monoisotopic (exact) mass is 174 g/mol. The van der Waals surface area contributed by atoms with Crippen molar-refractivity contribution in [1.29, 1.82) is 0 Å². The van der Waals surface area contributed by atoms with Crippen LogP contribution in [0.25, 0.3) is 0 Å². The Morgan fingerprint density at radius 3 is 1.42 bits per heavy atom. The largest absolute Gasteiger partial charge is 0.479 e. The number of epoxide rings is 2. The molecular weight excluding hydrogens is 168 g/mol. The first-order chi connectivity index (χ1) is 5.61. The summed E-state index contributed by atoms with van der Waals surface area (Å²) in [6, 6.07) is 0. The maximum absolute atomic E-state index is 10.3. The number of hydrogen-bond acceptors (Lipinski definition) is 4. The van der Waals surface area contributed by atoms with E-state index in [4.69, 9.17) is 19.7 Å². The van der Waals surface area contributed by atoms with E-state index in [9.17, 15) is 9.59 Å². The number of hydrogen-bond donors (Lipinski definition) is 2. The highest BCUT2D eigenvalue weighted by atomic mass is 16.7. The van der Waals surface area contributed by atoms with Crippen LogP contribution in [0.1, 0.15) is 0 Å². The molecule has 0 aliphatic carbocycles. The standard InChI is InChI=1S/C6H6O6/c7-5(8)3-1(11-3)2-4(12-2)6(9)10/h1-4H,(H,7,8)(H,9,10)/t1-,2+,3-,4-/m0/s1. The van der Waals surface area contributed by atoms with Crippen LogP contribution >= 0.6 is 0 Å². The van der Waals surface area contributed by atoms with Gasteiger partial charge in [-0.2, -0.15) is 0 Å². The van der Waals surface area contributed by atoms with E-state index < -0.39 is 36.4 Å². The van der Waals surface area contributed by atoms with E-state index in [2.05, 4.69) is 0 Å². The number of aliphatic carboxylic acids is 2. The Morgan fingerprint density at radius 2 is 1.25 bits per heavy atom. The van der Waals surface area contributed by atoms with Gasteiger partial charge in [-0.05, 0) is 0 Å². The molecule has 2 aliphatic rings. The van der Waals surface area contributed by atoms with E-state index in [1.54, 1.807) is 0 Å². The summed E-state index contributed by atoms with van der Waals surface area (Å²) < 4.78 is 9.39. The van der Waals surface area contributed by atoms with Crippen LogP contribution in [0.5, 0.6) is 0 Å². The van der Waals surface area contributed by atoms with Crippen molar-refractivity contribution in [2.45, 2.75) is 24.4 Å². The molecule has 0 aromatic rings. The molecule has 2 saturated heterocycles. The zero-order chi connectivity index (χ0) is 8.88. The second-order valence-corrected chi connectivity index (χ2v) is 2.72. The van der Waals surface area contributed by atoms with Crippen molar-refractivity contribution in [3.8, 4) is 0 Å². The van der Waals surface area contributed by atoms with Gasteiger partial charge in [-0.1, -0.05) is 0 Å². The van der Waals surface area contributed by atoms with Crippen LogP contribution in [-0.4, -0.2) is 46.6 Å². The highest BCUT2D eigenvalue weighted by molar-refractivity contribution is 5.79. The van der Waals surface area contributed by atoms with Crippen LogP contribution in [0.2, 0.25) is 0 Å². The quantitative estimate of drug-likeness (QED) is 0.515. The number of rotatable bonds is 3. The highest BCUT2D eigenvalue weighted by Crippen LogP contribution is 2.38. The summed E-state index contributed by atoms with van der Waals surface area (Å²) in [5.74, 6) is -2.14. The topological polar surface area (TPSA) is 99.7 Å². The lowest BCUT2D eigenvalue weighted by Crippen LogP contribution is -2.16. The first-order valence-electron chi connectivity index (χ1n) is 3.38. The third kappa shape index (κ3) is 1.05. The second-order valence-electron chi connectivity index (χ2n) is 2.72. The summed E-state index contributed by atoms with van der Waals surface area (Å²) in [5.41, 5.74) is 0. The zero-order valence-electron chi connectivity index (χ0n) is 5.84. The van der Waals surface area contributed by atoms with Gasteiger partial charge in [0.1, 0.15) is 12.2 Å². The molecule has 0 bridgehead atoms. The smallest absolute Gasteiger partial charge is 0.335 e. The Kier molecular flexibility index (Phi) is 1.36. The van der Waals surface area contributed by atoms with E-state index in [0.717, 1.165) is 0 Å². The van der Waals surface area contributed by atoms with Gasteiger partial charge >= 0.3 is 11.9 Å². The second kappa shape index (κ2) is 2.18. The summed E-state index contributed by atoms with van der Waals surface area (Å²) in [7, 11) is 0. The molecule has 4 atom stereocenters. The predicted octanol–water partition coefficient (Wildman–Crippen LogP) is -1.31. The molecule has 6 heteroatoms.